The molecular formula is C7H14KNO5. The summed E-state index contributed by atoms with van der Waals surface area (Å²) in [5.41, 5.74) is 0. The third kappa shape index (κ3) is 7.27. The maximum absolute atomic E-state index is 10.4. The van der Waals surface area contributed by atoms with Gasteiger partial charge in [-0.3, -0.25) is 0 Å². The van der Waals surface area contributed by atoms with Crippen LogP contribution in [0, 0.1) is 0 Å². The number of nitrogens with one attached hydrogen (secondary N) is 1. The van der Waals surface area contributed by atoms with Crippen molar-refractivity contribution in [3.05, 3.63) is 0 Å². The topological polar surface area (TPSA) is 113 Å². The van der Waals surface area contributed by atoms with E-state index in [-0.39, 0.29) is 57.9 Å². The summed E-state index contributed by atoms with van der Waals surface area (Å²) in [6, 6.07) is -1.24. The number of carbonyl (C=O) groups excluding carboxylic acids is 1. The van der Waals surface area contributed by atoms with Gasteiger partial charge >= 0.3 is 51.4 Å². The summed E-state index contributed by atoms with van der Waals surface area (Å²) in [5.74, 6) is -1.44. The van der Waals surface area contributed by atoms with Crippen LogP contribution in [0.25, 0.3) is 0 Å². The predicted octanol–water partition coefficient (Wildman–Crippen LogP) is -6.57. The number of aliphatic hydroxyl groups excluding tert-OH is 3. The van der Waals surface area contributed by atoms with E-state index in [2.05, 4.69) is 5.32 Å². The van der Waals surface area contributed by atoms with Gasteiger partial charge in [-0.2, -0.15) is 0 Å². The van der Waals surface area contributed by atoms with Crippen molar-refractivity contribution in [2.75, 3.05) is 13.2 Å². The second-order valence-electron chi connectivity index (χ2n) is 2.78. The average Bonchev–Trinajstić information content (AvgIpc) is 2.03. The zero-order valence-corrected chi connectivity index (χ0v) is 11.4. The zero-order chi connectivity index (χ0) is 10.4. The number of aliphatic hydroxyl groups is 3. The molecule has 0 aliphatic carbocycles. The van der Waals surface area contributed by atoms with Crippen LogP contribution < -0.4 is 61.8 Å². The van der Waals surface area contributed by atoms with E-state index in [0.717, 1.165) is 0 Å². The Morgan fingerprint density at radius 3 is 2.29 bits per heavy atom. The molecule has 0 aromatic rings. The minimum absolute atomic E-state index is 0. The number of carbonyl (C=O) groups is 1. The summed E-state index contributed by atoms with van der Waals surface area (Å²) in [7, 11) is 0. The van der Waals surface area contributed by atoms with Crippen LogP contribution in [0.3, 0.4) is 0 Å². The number of hydrogen-bond acceptors (Lipinski definition) is 6. The molecule has 4 N–H and O–H groups in total. The van der Waals surface area contributed by atoms with Crippen molar-refractivity contribution < 1.29 is 76.6 Å². The smallest absolute Gasteiger partial charge is 0.548 e. The second-order valence-corrected chi connectivity index (χ2v) is 2.78. The first-order valence-corrected chi connectivity index (χ1v) is 3.90. The normalized spacial score (nSPS) is 16.6. The quantitative estimate of drug-likeness (QED) is 0.338. The van der Waals surface area contributed by atoms with Gasteiger partial charge in [0.1, 0.15) is 0 Å². The van der Waals surface area contributed by atoms with E-state index in [1.807, 2.05) is 0 Å². The van der Waals surface area contributed by atoms with E-state index in [1.54, 1.807) is 0 Å². The number of carboxylic acids is 1. The minimum Gasteiger partial charge on any atom is -0.548 e. The third-order valence-corrected chi connectivity index (χ3v) is 1.52. The molecule has 0 fully saturated rings. The first-order chi connectivity index (χ1) is 5.99. The van der Waals surface area contributed by atoms with Crippen molar-refractivity contribution in [2.45, 2.75) is 25.2 Å². The van der Waals surface area contributed by atoms with E-state index in [9.17, 15) is 9.90 Å². The third-order valence-electron chi connectivity index (χ3n) is 1.52. The largest absolute Gasteiger partial charge is 1.00 e. The van der Waals surface area contributed by atoms with Gasteiger partial charge in [-0.25, -0.2) is 0 Å². The molecule has 78 valence electrons. The average molecular weight is 231 g/mol. The van der Waals surface area contributed by atoms with Crippen molar-refractivity contribution in [3.63, 3.8) is 0 Å². The van der Waals surface area contributed by atoms with E-state index in [1.165, 1.54) is 6.92 Å². The van der Waals surface area contributed by atoms with Crippen molar-refractivity contribution >= 4 is 5.97 Å². The Morgan fingerprint density at radius 1 is 1.50 bits per heavy atom. The molecule has 0 saturated heterocycles. The number of carboxylic acid groups (broad SMARTS) is 1. The fourth-order valence-corrected chi connectivity index (χ4v) is 0.778. The molecule has 6 nitrogen and oxygen atoms in total. The molecule has 14 heavy (non-hydrogen) atoms. The molecule has 0 aromatic heterocycles. The molecule has 1 unspecified atom stereocenters. The monoisotopic (exact) mass is 231 g/mol. The number of aliphatic carboxylic acids is 1. The Labute approximate surface area is 125 Å². The number of hydrogen-bond donors (Lipinski definition) is 4. The molecule has 0 amide bonds. The van der Waals surface area contributed by atoms with Gasteiger partial charge in [-0.15, -0.1) is 0 Å². The molecule has 0 spiro atoms. The Morgan fingerprint density at radius 2 is 2.00 bits per heavy atom. The first kappa shape index (κ1) is 17.3. The van der Waals surface area contributed by atoms with Crippen molar-refractivity contribution in [1.82, 2.24) is 5.32 Å². The van der Waals surface area contributed by atoms with Gasteiger partial charge < -0.3 is 30.5 Å². The van der Waals surface area contributed by atoms with E-state index < -0.39 is 30.8 Å². The van der Waals surface area contributed by atoms with Crippen LogP contribution >= 0.6 is 0 Å². The summed E-state index contributed by atoms with van der Waals surface area (Å²) in [6.07, 6.45) is -2.16. The molecular weight excluding hydrogens is 217 g/mol. The fourth-order valence-electron chi connectivity index (χ4n) is 0.778. The first-order valence-electron chi connectivity index (χ1n) is 3.90. The maximum atomic E-state index is 10.4. The molecule has 0 saturated carbocycles. The van der Waals surface area contributed by atoms with Gasteiger partial charge in [-0.1, -0.05) is 0 Å². The molecule has 0 aromatic carbocycles. The van der Waals surface area contributed by atoms with Crippen LogP contribution in [-0.4, -0.2) is 52.7 Å². The predicted molar refractivity (Wildman–Crippen MR) is 41.6 cm³/mol. The van der Waals surface area contributed by atoms with Gasteiger partial charge in [0, 0.05) is 6.54 Å². The van der Waals surface area contributed by atoms with Gasteiger partial charge in [0.2, 0.25) is 0 Å². The van der Waals surface area contributed by atoms with Gasteiger partial charge in [-0.05, 0) is 6.92 Å². The Balaban J connectivity index is 0. The van der Waals surface area contributed by atoms with Crippen molar-refractivity contribution in [2.24, 2.45) is 0 Å². The standard InChI is InChI=1S/C7H15NO5.K/c1-4(10)6(7(12)13)8-2-5(11)3-9;/h4-6,8-11H,2-3H2,1H3,(H,12,13);/q;+1/p-1/t4-,5?,6+;/m1./s1. The molecule has 0 aliphatic heterocycles. The molecule has 0 heterocycles. The van der Waals surface area contributed by atoms with Crippen molar-refractivity contribution in [1.29, 1.82) is 0 Å². The van der Waals surface area contributed by atoms with Crippen LogP contribution in [0.2, 0.25) is 0 Å². The van der Waals surface area contributed by atoms with Crippen LogP contribution in [0.15, 0.2) is 0 Å². The SMILES string of the molecule is C[C@@H](O)[C@H](NCC(O)CO)C(=O)[O-].[K+]. The molecule has 0 aliphatic rings. The van der Waals surface area contributed by atoms with Crippen LogP contribution in [-0.2, 0) is 4.79 Å². The summed E-state index contributed by atoms with van der Waals surface area (Å²) in [4.78, 5) is 10.4. The molecule has 0 rings (SSSR count). The molecule has 3 atom stereocenters. The summed E-state index contributed by atoms with van der Waals surface area (Å²) in [6.45, 7) is 0.714. The summed E-state index contributed by atoms with van der Waals surface area (Å²) >= 11 is 0. The van der Waals surface area contributed by atoms with Crippen molar-refractivity contribution in [3.8, 4) is 0 Å². The minimum atomic E-state index is -1.44. The van der Waals surface area contributed by atoms with Gasteiger partial charge in [0.05, 0.1) is 30.8 Å². The Bertz CT molecular complexity index is 166. The fraction of sp³-hybridized carbons (Fsp3) is 0.857. The van der Waals surface area contributed by atoms with Crippen LogP contribution in [0.1, 0.15) is 6.92 Å². The van der Waals surface area contributed by atoms with Crippen LogP contribution in [0.5, 0.6) is 0 Å². The Kier molecular flexibility index (Phi) is 11.4. The zero-order valence-electron chi connectivity index (χ0n) is 8.30. The van der Waals surface area contributed by atoms with E-state index >= 15 is 0 Å². The second kappa shape index (κ2) is 9.19. The van der Waals surface area contributed by atoms with Gasteiger partial charge in [0.15, 0.2) is 0 Å². The number of rotatable bonds is 6. The maximum Gasteiger partial charge on any atom is 1.00 e. The molecule has 0 radical (unpaired) electrons. The molecule has 0 bridgehead atoms. The van der Waals surface area contributed by atoms with E-state index in [0.29, 0.717) is 0 Å². The molecule has 7 heteroatoms. The van der Waals surface area contributed by atoms with E-state index in [4.69, 9.17) is 15.3 Å². The summed E-state index contributed by atoms with van der Waals surface area (Å²) < 4.78 is 0. The van der Waals surface area contributed by atoms with Gasteiger partial charge in [0.25, 0.3) is 0 Å². The Hall–Kier alpha value is 0.946. The van der Waals surface area contributed by atoms with Crippen LogP contribution in [0.4, 0.5) is 0 Å². The summed E-state index contributed by atoms with van der Waals surface area (Å²) in [5, 5.41) is 38.9.